The van der Waals surface area contributed by atoms with E-state index in [4.69, 9.17) is 4.52 Å². The average molecular weight is 252 g/mol. The normalized spacial score (nSPS) is 20.8. The zero-order chi connectivity index (χ0) is 13.0. The van der Waals surface area contributed by atoms with Gasteiger partial charge in [0, 0.05) is 18.5 Å². The monoisotopic (exact) mass is 252 g/mol. The Hall–Kier alpha value is -0.940. The molecule has 1 atom stereocenters. The molecule has 0 aromatic carbocycles. The maximum Gasteiger partial charge on any atom is 0.240 e. The fourth-order valence-corrected chi connectivity index (χ4v) is 2.32. The van der Waals surface area contributed by atoms with E-state index in [1.807, 2.05) is 0 Å². The van der Waals surface area contributed by atoms with E-state index in [0.29, 0.717) is 12.0 Å². The summed E-state index contributed by atoms with van der Waals surface area (Å²) < 4.78 is 5.26. The molecule has 5 nitrogen and oxygen atoms in total. The number of hydrogen-bond acceptors (Lipinski definition) is 5. The Morgan fingerprint density at radius 1 is 1.44 bits per heavy atom. The van der Waals surface area contributed by atoms with Crippen molar-refractivity contribution in [1.82, 2.24) is 20.4 Å². The lowest BCUT2D eigenvalue weighted by Crippen LogP contribution is -2.42. The van der Waals surface area contributed by atoms with Gasteiger partial charge in [-0.15, -0.1) is 0 Å². The first-order valence-electron chi connectivity index (χ1n) is 6.89. The van der Waals surface area contributed by atoms with Gasteiger partial charge >= 0.3 is 0 Å². The minimum Gasteiger partial charge on any atom is -0.338 e. The minimum absolute atomic E-state index is 0.327. The van der Waals surface area contributed by atoms with Crippen molar-refractivity contribution in [2.24, 2.45) is 0 Å². The van der Waals surface area contributed by atoms with E-state index in [9.17, 15) is 0 Å². The molecule has 1 aromatic heterocycles. The Morgan fingerprint density at radius 2 is 2.28 bits per heavy atom. The summed E-state index contributed by atoms with van der Waals surface area (Å²) >= 11 is 0. The number of likely N-dealkylation sites (N-methyl/N-ethyl adjacent to an activating group) is 1. The molecule has 1 fully saturated rings. The van der Waals surface area contributed by atoms with E-state index < -0.39 is 0 Å². The van der Waals surface area contributed by atoms with Gasteiger partial charge in [0.25, 0.3) is 0 Å². The molecule has 1 aromatic rings. The van der Waals surface area contributed by atoms with Gasteiger partial charge in [0.15, 0.2) is 5.82 Å². The lowest BCUT2D eigenvalue weighted by molar-refractivity contribution is 0.227. The van der Waals surface area contributed by atoms with Crippen LogP contribution in [0.5, 0.6) is 0 Å². The van der Waals surface area contributed by atoms with E-state index >= 15 is 0 Å². The first kappa shape index (κ1) is 13.5. The van der Waals surface area contributed by atoms with Crippen molar-refractivity contribution in [2.45, 2.75) is 51.6 Å². The molecule has 0 saturated carbocycles. The third-order valence-electron chi connectivity index (χ3n) is 3.35. The zero-order valence-electron chi connectivity index (χ0n) is 11.6. The molecule has 18 heavy (non-hydrogen) atoms. The van der Waals surface area contributed by atoms with Gasteiger partial charge in [-0.3, -0.25) is 4.90 Å². The molecular weight excluding hydrogens is 228 g/mol. The molecule has 0 amide bonds. The highest BCUT2D eigenvalue weighted by molar-refractivity contribution is 4.91. The predicted molar refractivity (Wildman–Crippen MR) is 70.4 cm³/mol. The second-order valence-corrected chi connectivity index (χ2v) is 5.54. The molecule has 1 N–H and O–H groups in total. The van der Waals surface area contributed by atoms with Gasteiger partial charge in [0.05, 0.1) is 6.54 Å². The van der Waals surface area contributed by atoms with Crippen molar-refractivity contribution in [3.05, 3.63) is 11.7 Å². The Morgan fingerprint density at radius 3 is 2.89 bits per heavy atom. The van der Waals surface area contributed by atoms with E-state index in [2.05, 4.69) is 41.3 Å². The van der Waals surface area contributed by atoms with Gasteiger partial charge in [-0.05, 0) is 26.4 Å². The van der Waals surface area contributed by atoms with Crippen molar-refractivity contribution in [1.29, 1.82) is 0 Å². The van der Waals surface area contributed by atoms with Crippen LogP contribution in [0.3, 0.4) is 0 Å². The van der Waals surface area contributed by atoms with Crippen LogP contribution in [0.25, 0.3) is 0 Å². The topological polar surface area (TPSA) is 54.2 Å². The summed E-state index contributed by atoms with van der Waals surface area (Å²) in [6.07, 6.45) is 3.91. The molecule has 1 aliphatic heterocycles. The molecule has 1 unspecified atom stereocenters. The summed E-state index contributed by atoms with van der Waals surface area (Å²) in [7, 11) is 2.11. The summed E-state index contributed by atoms with van der Waals surface area (Å²) in [5, 5.41) is 7.54. The van der Waals surface area contributed by atoms with Crippen molar-refractivity contribution in [2.75, 3.05) is 20.1 Å². The molecule has 102 valence electrons. The van der Waals surface area contributed by atoms with E-state index in [1.165, 1.54) is 19.3 Å². The molecule has 0 radical (unpaired) electrons. The van der Waals surface area contributed by atoms with Crippen LogP contribution in [0.2, 0.25) is 0 Å². The number of rotatable bonds is 5. The molecule has 1 aliphatic rings. The number of nitrogens with one attached hydrogen (secondary N) is 1. The van der Waals surface area contributed by atoms with Gasteiger partial charge in [0.2, 0.25) is 5.89 Å². The maximum absolute atomic E-state index is 5.26. The van der Waals surface area contributed by atoms with E-state index in [0.717, 1.165) is 31.3 Å². The van der Waals surface area contributed by atoms with Crippen LogP contribution in [0.1, 0.15) is 50.7 Å². The summed E-state index contributed by atoms with van der Waals surface area (Å²) in [5.74, 6) is 1.85. The summed E-state index contributed by atoms with van der Waals surface area (Å²) in [5.41, 5.74) is 0. The van der Waals surface area contributed by atoms with Gasteiger partial charge in [-0.25, -0.2) is 0 Å². The van der Waals surface area contributed by atoms with E-state index in [-0.39, 0.29) is 0 Å². The molecule has 0 spiro atoms. The maximum atomic E-state index is 5.26. The first-order chi connectivity index (χ1) is 8.65. The van der Waals surface area contributed by atoms with Crippen LogP contribution in [-0.2, 0) is 6.54 Å². The molecule has 1 saturated heterocycles. The summed E-state index contributed by atoms with van der Waals surface area (Å²) in [6.45, 7) is 7.07. The summed E-state index contributed by atoms with van der Waals surface area (Å²) in [4.78, 5) is 6.65. The summed E-state index contributed by atoms with van der Waals surface area (Å²) in [6, 6.07) is 0.608. The molecule has 5 heteroatoms. The van der Waals surface area contributed by atoms with Gasteiger partial charge < -0.3 is 9.84 Å². The van der Waals surface area contributed by atoms with Crippen LogP contribution in [0, 0.1) is 0 Å². The largest absolute Gasteiger partial charge is 0.338 e. The highest BCUT2D eigenvalue weighted by atomic mass is 16.5. The smallest absolute Gasteiger partial charge is 0.240 e. The van der Waals surface area contributed by atoms with Crippen molar-refractivity contribution in [3.63, 3.8) is 0 Å². The third kappa shape index (κ3) is 3.78. The predicted octanol–water partition coefficient (Wildman–Crippen LogP) is 1.77. The van der Waals surface area contributed by atoms with Gasteiger partial charge in [-0.1, -0.05) is 25.4 Å². The van der Waals surface area contributed by atoms with Crippen LogP contribution in [-0.4, -0.2) is 41.2 Å². The van der Waals surface area contributed by atoms with Gasteiger partial charge in [-0.2, -0.15) is 4.98 Å². The Balaban J connectivity index is 1.80. The zero-order valence-corrected chi connectivity index (χ0v) is 11.6. The Kier molecular flexibility index (Phi) is 4.72. The molecular formula is C13H24N4O. The highest BCUT2D eigenvalue weighted by Crippen LogP contribution is 2.12. The fraction of sp³-hybridized carbons (Fsp3) is 0.846. The number of aromatic nitrogens is 2. The van der Waals surface area contributed by atoms with Crippen LogP contribution >= 0.6 is 0 Å². The fourth-order valence-electron chi connectivity index (χ4n) is 2.32. The lowest BCUT2D eigenvalue weighted by atomic mass is 10.0. The third-order valence-corrected chi connectivity index (χ3v) is 3.35. The second kappa shape index (κ2) is 6.29. The standard InChI is InChI=1S/C13H24N4O/c1-10(2)13-15-12(18-16-13)9-17(3)8-11-6-4-5-7-14-11/h10-11,14H,4-9H2,1-3H3. The van der Waals surface area contributed by atoms with Crippen molar-refractivity contribution in [3.8, 4) is 0 Å². The lowest BCUT2D eigenvalue weighted by Gasteiger charge is -2.27. The molecule has 0 aliphatic carbocycles. The number of piperidine rings is 1. The second-order valence-electron chi connectivity index (χ2n) is 5.54. The molecule has 2 heterocycles. The molecule has 0 bridgehead atoms. The van der Waals surface area contributed by atoms with Crippen molar-refractivity contribution >= 4 is 0 Å². The minimum atomic E-state index is 0.327. The highest BCUT2D eigenvalue weighted by Gasteiger charge is 2.16. The average Bonchev–Trinajstić information content (AvgIpc) is 2.78. The first-order valence-corrected chi connectivity index (χ1v) is 6.89. The Labute approximate surface area is 109 Å². The van der Waals surface area contributed by atoms with Crippen LogP contribution in [0.4, 0.5) is 0 Å². The van der Waals surface area contributed by atoms with Gasteiger partial charge in [0.1, 0.15) is 0 Å². The quantitative estimate of drug-likeness (QED) is 0.865. The Bertz CT molecular complexity index is 358. The SMILES string of the molecule is CC(C)c1noc(CN(C)CC2CCCCN2)n1. The number of nitrogens with zero attached hydrogens (tertiary/aromatic N) is 3. The van der Waals surface area contributed by atoms with Crippen LogP contribution in [0.15, 0.2) is 4.52 Å². The molecule has 2 rings (SSSR count). The number of hydrogen-bond donors (Lipinski definition) is 1. The van der Waals surface area contributed by atoms with Crippen molar-refractivity contribution < 1.29 is 4.52 Å². The van der Waals surface area contributed by atoms with E-state index in [1.54, 1.807) is 0 Å². The van der Waals surface area contributed by atoms with Crippen LogP contribution < -0.4 is 5.32 Å².